The molecule has 5 nitrogen and oxygen atoms in total. The maximum atomic E-state index is 12.4. The SMILES string of the molecule is COCCN(Cc1ccncc1)C(=O)NCc1ccc(Cl)cc1. The Hall–Kier alpha value is -2.11. The molecule has 0 aliphatic rings. The Morgan fingerprint density at radius 2 is 1.87 bits per heavy atom. The molecule has 1 aromatic carbocycles. The number of halogens is 1. The van der Waals surface area contributed by atoms with Crippen LogP contribution in [-0.4, -0.2) is 36.2 Å². The van der Waals surface area contributed by atoms with Gasteiger partial charge in [-0.25, -0.2) is 4.79 Å². The molecule has 0 saturated heterocycles. The molecule has 0 fully saturated rings. The number of urea groups is 1. The van der Waals surface area contributed by atoms with Crippen molar-refractivity contribution in [3.05, 3.63) is 64.9 Å². The lowest BCUT2D eigenvalue weighted by molar-refractivity contribution is 0.146. The van der Waals surface area contributed by atoms with Gasteiger partial charge in [0.25, 0.3) is 0 Å². The van der Waals surface area contributed by atoms with Crippen LogP contribution in [0.4, 0.5) is 4.79 Å². The zero-order valence-corrected chi connectivity index (χ0v) is 13.8. The molecule has 0 bridgehead atoms. The Labute approximate surface area is 141 Å². The quantitative estimate of drug-likeness (QED) is 0.847. The Balaban J connectivity index is 1.94. The first kappa shape index (κ1) is 17.2. The average Bonchev–Trinajstić information content (AvgIpc) is 2.58. The number of hydrogen-bond acceptors (Lipinski definition) is 3. The second kappa shape index (κ2) is 9.12. The number of carbonyl (C=O) groups excluding carboxylic acids is 1. The van der Waals surface area contributed by atoms with Gasteiger partial charge >= 0.3 is 6.03 Å². The first-order valence-electron chi connectivity index (χ1n) is 7.34. The van der Waals surface area contributed by atoms with E-state index in [1.807, 2.05) is 36.4 Å². The van der Waals surface area contributed by atoms with Gasteiger partial charge in [0.05, 0.1) is 6.61 Å². The summed E-state index contributed by atoms with van der Waals surface area (Å²) in [5.74, 6) is 0. The van der Waals surface area contributed by atoms with Crippen molar-refractivity contribution in [2.75, 3.05) is 20.3 Å². The van der Waals surface area contributed by atoms with Crippen LogP contribution in [0.3, 0.4) is 0 Å². The smallest absolute Gasteiger partial charge is 0.318 e. The molecule has 2 aromatic rings. The van der Waals surface area contributed by atoms with Crippen LogP contribution in [-0.2, 0) is 17.8 Å². The summed E-state index contributed by atoms with van der Waals surface area (Å²) < 4.78 is 5.09. The van der Waals surface area contributed by atoms with Crippen LogP contribution in [0.25, 0.3) is 0 Å². The van der Waals surface area contributed by atoms with Crippen molar-refractivity contribution in [2.24, 2.45) is 0 Å². The van der Waals surface area contributed by atoms with Gasteiger partial charge < -0.3 is 15.0 Å². The van der Waals surface area contributed by atoms with E-state index < -0.39 is 0 Å². The van der Waals surface area contributed by atoms with E-state index in [0.717, 1.165) is 11.1 Å². The fraction of sp³-hybridized carbons (Fsp3) is 0.294. The van der Waals surface area contributed by atoms with Crippen molar-refractivity contribution in [1.29, 1.82) is 0 Å². The highest BCUT2D eigenvalue weighted by atomic mass is 35.5. The molecule has 1 heterocycles. The third-order valence-electron chi connectivity index (χ3n) is 3.33. The monoisotopic (exact) mass is 333 g/mol. The van der Waals surface area contributed by atoms with Crippen molar-refractivity contribution in [3.8, 4) is 0 Å². The summed E-state index contributed by atoms with van der Waals surface area (Å²) in [5.41, 5.74) is 2.02. The molecule has 1 N–H and O–H groups in total. The fourth-order valence-electron chi connectivity index (χ4n) is 2.05. The van der Waals surface area contributed by atoms with Crippen LogP contribution in [0.5, 0.6) is 0 Å². The van der Waals surface area contributed by atoms with E-state index in [4.69, 9.17) is 16.3 Å². The maximum Gasteiger partial charge on any atom is 0.318 e. The number of nitrogens with one attached hydrogen (secondary N) is 1. The molecule has 0 unspecified atom stereocenters. The lowest BCUT2D eigenvalue weighted by Crippen LogP contribution is -2.40. The molecule has 6 heteroatoms. The van der Waals surface area contributed by atoms with Gasteiger partial charge in [-0.3, -0.25) is 4.98 Å². The Bertz CT molecular complexity index is 605. The first-order chi connectivity index (χ1) is 11.2. The molecule has 0 saturated carbocycles. The van der Waals surface area contributed by atoms with Crippen molar-refractivity contribution in [2.45, 2.75) is 13.1 Å². The number of pyridine rings is 1. The average molecular weight is 334 g/mol. The number of benzene rings is 1. The van der Waals surface area contributed by atoms with Crippen LogP contribution < -0.4 is 5.32 Å². The number of amides is 2. The molecule has 0 atom stereocenters. The highest BCUT2D eigenvalue weighted by molar-refractivity contribution is 6.30. The van der Waals surface area contributed by atoms with Gasteiger partial charge in [0.1, 0.15) is 0 Å². The van der Waals surface area contributed by atoms with Gasteiger partial charge in [-0.1, -0.05) is 23.7 Å². The molecule has 122 valence electrons. The second-order valence-electron chi connectivity index (χ2n) is 5.05. The molecule has 2 rings (SSSR count). The van der Waals surface area contributed by atoms with E-state index in [1.165, 1.54) is 0 Å². The van der Waals surface area contributed by atoms with Gasteiger partial charge in [-0.15, -0.1) is 0 Å². The maximum absolute atomic E-state index is 12.4. The Morgan fingerprint density at radius 3 is 2.52 bits per heavy atom. The molecule has 1 aromatic heterocycles. The minimum atomic E-state index is -0.131. The lowest BCUT2D eigenvalue weighted by atomic mass is 10.2. The lowest BCUT2D eigenvalue weighted by Gasteiger charge is -2.23. The standard InChI is InChI=1S/C17H20ClN3O2/c1-23-11-10-21(13-15-6-8-19-9-7-15)17(22)20-12-14-2-4-16(18)5-3-14/h2-9H,10-13H2,1H3,(H,20,22). The van der Waals surface area contributed by atoms with E-state index in [9.17, 15) is 4.79 Å². The summed E-state index contributed by atoms with van der Waals surface area (Å²) in [6.07, 6.45) is 3.44. The van der Waals surface area contributed by atoms with Gasteiger partial charge in [0, 0.05) is 44.2 Å². The van der Waals surface area contributed by atoms with Crippen molar-refractivity contribution < 1.29 is 9.53 Å². The summed E-state index contributed by atoms with van der Waals surface area (Å²) >= 11 is 5.86. The van der Waals surface area contributed by atoms with Gasteiger partial charge in [0.15, 0.2) is 0 Å². The Morgan fingerprint density at radius 1 is 1.17 bits per heavy atom. The summed E-state index contributed by atoms with van der Waals surface area (Å²) in [5, 5.41) is 3.60. The van der Waals surface area contributed by atoms with Crippen LogP contribution in [0, 0.1) is 0 Å². The molecule has 0 spiro atoms. The van der Waals surface area contributed by atoms with E-state index in [0.29, 0.717) is 31.3 Å². The third kappa shape index (κ3) is 5.88. The van der Waals surface area contributed by atoms with Crippen LogP contribution in [0.15, 0.2) is 48.8 Å². The first-order valence-corrected chi connectivity index (χ1v) is 7.72. The number of rotatable bonds is 7. The molecule has 0 aliphatic heterocycles. The largest absolute Gasteiger partial charge is 0.383 e. The molecular formula is C17H20ClN3O2. The third-order valence-corrected chi connectivity index (χ3v) is 3.58. The molecule has 23 heavy (non-hydrogen) atoms. The number of hydrogen-bond donors (Lipinski definition) is 1. The number of aromatic nitrogens is 1. The van der Waals surface area contributed by atoms with Gasteiger partial charge in [-0.05, 0) is 35.4 Å². The molecule has 0 radical (unpaired) electrons. The van der Waals surface area contributed by atoms with E-state index in [1.54, 1.807) is 24.4 Å². The minimum Gasteiger partial charge on any atom is -0.383 e. The van der Waals surface area contributed by atoms with Gasteiger partial charge in [0.2, 0.25) is 0 Å². The number of methoxy groups -OCH3 is 1. The number of nitrogens with zero attached hydrogens (tertiary/aromatic N) is 2. The molecule has 2 amide bonds. The highest BCUT2D eigenvalue weighted by Gasteiger charge is 2.13. The van der Waals surface area contributed by atoms with Crippen molar-refractivity contribution >= 4 is 17.6 Å². The minimum absolute atomic E-state index is 0.131. The second-order valence-corrected chi connectivity index (χ2v) is 5.49. The van der Waals surface area contributed by atoms with Crippen LogP contribution in [0.1, 0.15) is 11.1 Å². The van der Waals surface area contributed by atoms with Crippen molar-refractivity contribution in [1.82, 2.24) is 15.2 Å². The zero-order valence-electron chi connectivity index (χ0n) is 13.0. The summed E-state index contributed by atoms with van der Waals surface area (Å²) in [6.45, 7) is 1.97. The molecule has 0 aliphatic carbocycles. The topological polar surface area (TPSA) is 54.5 Å². The van der Waals surface area contributed by atoms with Crippen molar-refractivity contribution in [3.63, 3.8) is 0 Å². The van der Waals surface area contributed by atoms with E-state index >= 15 is 0 Å². The van der Waals surface area contributed by atoms with E-state index in [-0.39, 0.29) is 6.03 Å². The van der Waals surface area contributed by atoms with E-state index in [2.05, 4.69) is 10.3 Å². The predicted molar refractivity (Wildman–Crippen MR) is 90.2 cm³/mol. The highest BCUT2D eigenvalue weighted by Crippen LogP contribution is 2.09. The fourth-order valence-corrected chi connectivity index (χ4v) is 2.18. The molecular weight excluding hydrogens is 314 g/mol. The van der Waals surface area contributed by atoms with Crippen LogP contribution in [0.2, 0.25) is 5.02 Å². The predicted octanol–water partition coefficient (Wildman–Crippen LogP) is 3.09. The van der Waals surface area contributed by atoms with Crippen LogP contribution >= 0.6 is 11.6 Å². The zero-order chi connectivity index (χ0) is 16.5. The summed E-state index contributed by atoms with van der Waals surface area (Å²) in [7, 11) is 1.62. The normalized spacial score (nSPS) is 10.3. The Kier molecular flexibility index (Phi) is 6.84. The number of ether oxygens (including phenoxy) is 1. The summed E-state index contributed by atoms with van der Waals surface area (Å²) in [6, 6.07) is 11.1. The number of carbonyl (C=O) groups is 1. The van der Waals surface area contributed by atoms with Gasteiger partial charge in [-0.2, -0.15) is 0 Å². The summed E-state index contributed by atoms with van der Waals surface area (Å²) in [4.78, 5) is 18.1.